The summed E-state index contributed by atoms with van der Waals surface area (Å²) in [6.45, 7) is 4.12. The van der Waals surface area contributed by atoms with Gasteiger partial charge in [-0.2, -0.15) is 0 Å². The summed E-state index contributed by atoms with van der Waals surface area (Å²) in [6, 6.07) is 21.5. The molecule has 3 rings (SSSR count). The largest absolute Gasteiger partial charge is 0.489 e. The highest BCUT2D eigenvalue weighted by molar-refractivity contribution is 6.03. The van der Waals surface area contributed by atoms with Crippen LogP contribution >= 0.6 is 0 Å². The fourth-order valence-electron chi connectivity index (χ4n) is 2.67. The van der Waals surface area contributed by atoms with E-state index in [2.05, 4.69) is 10.6 Å². The number of carbonyl (C=O) groups excluding carboxylic acids is 1. The van der Waals surface area contributed by atoms with Crippen molar-refractivity contribution in [2.24, 2.45) is 0 Å². The zero-order chi connectivity index (χ0) is 17.6. The van der Waals surface area contributed by atoms with Crippen LogP contribution in [0, 0.1) is 0 Å². The van der Waals surface area contributed by atoms with Gasteiger partial charge in [-0.1, -0.05) is 48.5 Å². The summed E-state index contributed by atoms with van der Waals surface area (Å²) < 4.78 is 5.76. The Balaban J connectivity index is 1.67. The maximum atomic E-state index is 12.3. The zero-order valence-corrected chi connectivity index (χ0v) is 14.5. The number of nitrogens with one attached hydrogen (secondary N) is 2. The minimum atomic E-state index is -0.101. The Kier molecular flexibility index (Phi) is 5.19. The second kappa shape index (κ2) is 7.71. The number of fused-ring (bicyclic) bond motifs is 1. The molecule has 1 amide bonds. The summed E-state index contributed by atoms with van der Waals surface area (Å²) in [6.07, 6.45) is 0.0764. The Labute approximate surface area is 147 Å². The van der Waals surface area contributed by atoms with Gasteiger partial charge >= 0.3 is 0 Å². The van der Waals surface area contributed by atoms with E-state index in [1.54, 1.807) is 0 Å². The SMILES string of the molecule is CC(C)Oc1ccccc1NCC(=O)Nc1cccc2ccccc12. The number of anilines is 2. The van der Waals surface area contributed by atoms with Gasteiger partial charge in [0.1, 0.15) is 5.75 Å². The molecule has 128 valence electrons. The van der Waals surface area contributed by atoms with E-state index in [9.17, 15) is 4.79 Å². The summed E-state index contributed by atoms with van der Waals surface area (Å²) in [4.78, 5) is 12.3. The van der Waals surface area contributed by atoms with Crippen LogP contribution in [0.4, 0.5) is 11.4 Å². The highest BCUT2D eigenvalue weighted by Crippen LogP contribution is 2.25. The third-order valence-electron chi connectivity index (χ3n) is 3.75. The predicted octanol–water partition coefficient (Wildman–Crippen LogP) is 4.68. The van der Waals surface area contributed by atoms with Gasteiger partial charge in [0, 0.05) is 11.1 Å². The van der Waals surface area contributed by atoms with E-state index in [1.807, 2.05) is 80.6 Å². The molecule has 0 spiro atoms. The van der Waals surface area contributed by atoms with E-state index in [0.717, 1.165) is 27.9 Å². The fraction of sp³-hybridized carbons (Fsp3) is 0.190. The minimum Gasteiger partial charge on any atom is -0.489 e. The molecule has 0 saturated carbocycles. The summed E-state index contributed by atoms with van der Waals surface area (Å²) in [5.74, 6) is 0.645. The number of benzene rings is 3. The lowest BCUT2D eigenvalue weighted by atomic mass is 10.1. The fourth-order valence-corrected chi connectivity index (χ4v) is 2.67. The van der Waals surface area contributed by atoms with Crippen molar-refractivity contribution < 1.29 is 9.53 Å². The highest BCUT2D eigenvalue weighted by atomic mass is 16.5. The second-order valence-corrected chi connectivity index (χ2v) is 6.09. The van der Waals surface area contributed by atoms with Crippen molar-refractivity contribution in [3.8, 4) is 5.75 Å². The van der Waals surface area contributed by atoms with Crippen LogP contribution in [0.5, 0.6) is 5.75 Å². The number of amides is 1. The molecule has 0 aliphatic heterocycles. The van der Waals surface area contributed by atoms with Gasteiger partial charge in [-0.3, -0.25) is 4.79 Å². The summed E-state index contributed by atoms with van der Waals surface area (Å²) in [7, 11) is 0. The first kappa shape index (κ1) is 16.8. The standard InChI is InChI=1S/C21H22N2O2/c1-15(2)25-20-13-6-5-11-19(20)22-14-21(24)23-18-12-7-9-16-8-3-4-10-17(16)18/h3-13,15,22H,14H2,1-2H3,(H,23,24). The van der Waals surface area contributed by atoms with Crippen LogP contribution in [0.3, 0.4) is 0 Å². The summed E-state index contributed by atoms with van der Waals surface area (Å²) in [5.41, 5.74) is 1.63. The molecule has 0 saturated heterocycles. The van der Waals surface area contributed by atoms with Crippen LogP contribution in [0.1, 0.15) is 13.8 Å². The Morgan fingerprint density at radius 2 is 1.60 bits per heavy atom. The first-order chi connectivity index (χ1) is 12.1. The molecule has 0 atom stereocenters. The number of hydrogen-bond donors (Lipinski definition) is 2. The molecule has 0 unspecified atom stereocenters. The third-order valence-corrected chi connectivity index (χ3v) is 3.75. The van der Waals surface area contributed by atoms with Gasteiger partial charge in [0.25, 0.3) is 0 Å². The third kappa shape index (κ3) is 4.29. The first-order valence-electron chi connectivity index (χ1n) is 8.40. The molecule has 0 aliphatic carbocycles. The zero-order valence-electron chi connectivity index (χ0n) is 14.5. The van der Waals surface area contributed by atoms with Crippen molar-refractivity contribution in [3.05, 3.63) is 66.7 Å². The topological polar surface area (TPSA) is 50.4 Å². The molecule has 0 aliphatic rings. The smallest absolute Gasteiger partial charge is 0.243 e. The molecule has 2 N–H and O–H groups in total. The van der Waals surface area contributed by atoms with E-state index in [4.69, 9.17) is 4.74 Å². The Hall–Kier alpha value is -3.01. The Morgan fingerprint density at radius 3 is 2.44 bits per heavy atom. The van der Waals surface area contributed by atoms with Crippen LogP contribution in [0.2, 0.25) is 0 Å². The normalized spacial score (nSPS) is 10.7. The Morgan fingerprint density at radius 1 is 0.920 bits per heavy atom. The molecule has 3 aromatic rings. The van der Waals surface area contributed by atoms with Crippen molar-refractivity contribution in [1.82, 2.24) is 0 Å². The molecular weight excluding hydrogens is 312 g/mol. The number of ether oxygens (including phenoxy) is 1. The van der Waals surface area contributed by atoms with Gasteiger partial charge < -0.3 is 15.4 Å². The molecular formula is C21H22N2O2. The van der Waals surface area contributed by atoms with E-state index < -0.39 is 0 Å². The molecule has 0 fully saturated rings. The quantitative estimate of drug-likeness (QED) is 0.688. The van der Waals surface area contributed by atoms with Crippen molar-refractivity contribution in [2.75, 3.05) is 17.2 Å². The lowest BCUT2D eigenvalue weighted by molar-refractivity contribution is -0.114. The molecule has 0 radical (unpaired) electrons. The van der Waals surface area contributed by atoms with E-state index in [-0.39, 0.29) is 18.6 Å². The van der Waals surface area contributed by atoms with Crippen molar-refractivity contribution in [1.29, 1.82) is 0 Å². The average Bonchev–Trinajstić information content (AvgIpc) is 2.61. The molecule has 0 bridgehead atoms. The van der Waals surface area contributed by atoms with Gasteiger partial charge in [0.05, 0.1) is 18.3 Å². The van der Waals surface area contributed by atoms with Gasteiger partial charge in [-0.05, 0) is 37.4 Å². The summed E-state index contributed by atoms with van der Waals surface area (Å²) >= 11 is 0. The maximum Gasteiger partial charge on any atom is 0.243 e. The lowest BCUT2D eigenvalue weighted by Crippen LogP contribution is -2.22. The minimum absolute atomic E-state index is 0.0764. The summed E-state index contributed by atoms with van der Waals surface area (Å²) in [5, 5.41) is 8.25. The molecule has 25 heavy (non-hydrogen) atoms. The molecule has 0 aromatic heterocycles. The van der Waals surface area contributed by atoms with Crippen molar-refractivity contribution in [3.63, 3.8) is 0 Å². The van der Waals surface area contributed by atoms with E-state index in [0.29, 0.717) is 0 Å². The van der Waals surface area contributed by atoms with Crippen LogP contribution in [-0.2, 0) is 4.79 Å². The van der Waals surface area contributed by atoms with Crippen LogP contribution in [-0.4, -0.2) is 18.6 Å². The van der Waals surface area contributed by atoms with Crippen LogP contribution < -0.4 is 15.4 Å². The Bertz CT molecular complexity index is 869. The number of hydrogen-bond acceptors (Lipinski definition) is 3. The highest BCUT2D eigenvalue weighted by Gasteiger charge is 2.08. The monoisotopic (exact) mass is 334 g/mol. The van der Waals surface area contributed by atoms with Crippen molar-refractivity contribution >= 4 is 28.1 Å². The van der Waals surface area contributed by atoms with Gasteiger partial charge in [-0.25, -0.2) is 0 Å². The van der Waals surface area contributed by atoms with E-state index >= 15 is 0 Å². The number of para-hydroxylation sites is 2. The van der Waals surface area contributed by atoms with Gasteiger partial charge in [-0.15, -0.1) is 0 Å². The number of carbonyl (C=O) groups is 1. The molecule has 4 nitrogen and oxygen atoms in total. The predicted molar refractivity (Wildman–Crippen MR) is 103 cm³/mol. The number of rotatable bonds is 6. The van der Waals surface area contributed by atoms with Crippen LogP contribution in [0.15, 0.2) is 66.7 Å². The first-order valence-corrected chi connectivity index (χ1v) is 8.40. The average molecular weight is 334 g/mol. The molecule has 3 aromatic carbocycles. The molecule has 4 heteroatoms. The van der Waals surface area contributed by atoms with E-state index in [1.165, 1.54) is 0 Å². The van der Waals surface area contributed by atoms with Gasteiger partial charge in [0.2, 0.25) is 5.91 Å². The lowest BCUT2D eigenvalue weighted by Gasteiger charge is -2.15. The van der Waals surface area contributed by atoms with Crippen LogP contribution in [0.25, 0.3) is 10.8 Å². The molecule has 0 heterocycles. The maximum absolute atomic E-state index is 12.3. The second-order valence-electron chi connectivity index (χ2n) is 6.09. The van der Waals surface area contributed by atoms with Gasteiger partial charge in [0.15, 0.2) is 0 Å². The van der Waals surface area contributed by atoms with Crippen molar-refractivity contribution in [2.45, 2.75) is 20.0 Å².